The van der Waals surface area contributed by atoms with Crippen molar-refractivity contribution in [3.8, 4) is 0 Å². The first-order chi connectivity index (χ1) is 12.2. The molecule has 2 aliphatic heterocycles. The van der Waals surface area contributed by atoms with E-state index in [1.807, 2.05) is 24.1 Å². The van der Waals surface area contributed by atoms with E-state index in [-0.39, 0.29) is 6.10 Å². The van der Waals surface area contributed by atoms with Crippen molar-refractivity contribution in [1.29, 1.82) is 0 Å². The van der Waals surface area contributed by atoms with E-state index in [0.717, 1.165) is 50.9 Å². The number of morpholine rings is 1. The number of nitrogens with one attached hydrogen (secondary N) is 1. The Bertz CT molecular complexity index is 572. The molecule has 0 radical (unpaired) electrons. The minimum absolute atomic E-state index is 0.0633. The smallest absolute Gasteiger partial charge is 0.194 e. The molecular weight excluding hydrogens is 316 g/mol. The summed E-state index contributed by atoms with van der Waals surface area (Å²) in [5.74, 6) is 1.71. The van der Waals surface area contributed by atoms with E-state index in [2.05, 4.69) is 34.1 Å². The molecule has 3 heterocycles. The Morgan fingerprint density at radius 2 is 2.24 bits per heavy atom. The lowest BCUT2D eigenvalue weighted by Crippen LogP contribution is -2.48. The van der Waals surface area contributed by atoms with Crippen LogP contribution in [0.25, 0.3) is 0 Å². The van der Waals surface area contributed by atoms with Crippen LogP contribution >= 0.6 is 0 Å². The maximum absolute atomic E-state index is 5.96. The average Bonchev–Trinajstić information content (AvgIpc) is 3.27. The maximum Gasteiger partial charge on any atom is 0.194 e. The second kappa shape index (κ2) is 8.67. The Morgan fingerprint density at radius 1 is 1.36 bits per heavy atom. The summed E-state index contributed by atoms with van der Waals surface area (Å²) >= 11 is 0. The average molecular weight is 348 g/mol. The Hall–Kier alpha value is -1.60. The molecular formula is C18H32N6O. The molecule has 2 unspecified atom stereocenters. The fraction of sp³-hybridized carbons (Fsp3) is 0.778. The topological polar surface area (TPSA) is 57.9 Å². The van der Waals surface area contributed by atoms with Crippen LogP contribution in [-0.4, -0.2) is 78.0 Å². The molecule has 7 heteroatoms. The van der Waals surface area contributed by atoms with Crippen LogP contribution in [0.3, 0.4) is 0 Å². The van der Waals surface area contributed by atoms with Gasteiger partial charge >= 0.3 is 0 Å². The van der Waals surface area contributed by atoms with Crippen LogP contribution in [0.4, 0.5) is 0 Å². The number of rotatable bonds is 5. The number of ether oxygens (including phenoxy) is 1. The number of hydrogen-bond donors (Lipinski definition) is 1. The molecule has 2 fully saturated rings. The third-order valence-corrected chi connectivity index (χ3v) is 5.11. The largest absolute Gasteiger partial charge is 0.370 e. The Labute approximate surface area is 151 Å². The number of hydrogen-bond acceptors (Lipinski definition) is 4. The zero-order valence-corrected chi connectivity index (χ0v) is 15.8. The van der Waals surface area contributed by atoms with Crippen molar-refractivity contribution >= 4 is 5.96 Å². The van der Waals surface area contributed by atoms with Gasteiger partial charge < -0.3 is 19.9 Å². The van der Waals surface area contributed by atoms with E-state index in [9.17, 15) is 0 Å². The highest BCUT2D eigenvalue weighted by Crippen LogP contribution is 2.22. The summed E-state index contributed by atoms with van der Waals surface area (Å²) in [7, 11) is 1.94. The molecule has 0 saturated carbocycles. The van der Waals surface area contributed by atoms with Gasteiger partial charge in [0.05, 0.1) is 19.3 Å². The van der Waals surface area contributed by atoms with Crippen molar-refractivity contribution < 1.29 is 4.74 Å². The predicted octanol–water partition coefficient (Wildman–Crippen LogP) is 1.10. The normalized spacial score (nSPS) is 25.6. The molecule has 140 valence electrons. The van der Waals surface area contributed by atoms with Crippen molar-refractivity contribution in [3.05, 3.63) is 18.0 Å². The van der Waals surface area contributed by atoms with Gasteiger partial charge in [0.25, 0.3) is 0 Å². The van der Waals surface area contributed by atoms with E-state index in [0.29, 0.717) is 5.92 Å². The van der Waals surface area contributed by atoms with Crippen molar-refractivity contribution in [2.45, 2.75) is 26.4 Å². The van der Waals surface area contributed by atoms with E-state index in [4.69, 9.17) is 9.73 Å². The van der Waals surface area contributed by atoms with Crippen LogP contribution in [0.1, 0.15) is 31.9 Å². The van der Waals surface area contributed by atoms with Crippen molar-refractivity contribution in [2.75, 3.05) is 52.4 Å². The van der Waals surface area contributed by atoms with E-state index in [1.54, 1.807) is 0 Å². The summed E-state index contributed by atoms with van der Waals surface area (Å²) < 4.78 is 7.79. The molecule has 2 saturated heterocycles. The zero-order valence-electron chi connectivity index (χ0n) is 15.8. The van der Waals surface area contributed by atoms with Crippen molar-refractivity contribution in [2.24, 2.45) is 18.0 Å². The summed E-state index contributed by atoms with van der Waals surface area (Å²) in [6.07, 6.45) is 5.26. The molecule has 25 heavy (non-hydrogen) atoms. The van der Waals surface area contributed by atoms with Crippen LogP contribution in [0, 0.1) is 5.92 Å². The summed E-state index contributed by atoms with van der Waals surface area (Å²) in [6, 6.07) is 0. The van der Waals surface area contributed by atoms with Gasteiger partial charge in [-0.1, -0.05) is 6.92 Å². The first kappa shape index (κ1) is 18.2. The Balaban J connectivity index is 1.62. The zero-order chi connectivity index (χ0) is 17.6. The maximum atomic E-state index is 5.96. The summed E-state index contributed by atoms with van der Waals surface area (Å²) in [5, 5.41) is 7.73. The molecule has 0 aliphatic carbocycles. The molecule has 7 nitrogen and oxygen atoms in total. The number of aliphatic imine (C=N–C) groups is 1. The predicted molar refractivity (Wildman–Crippen MR) is 99.7 cm³/mol. The van der Waals surface area contributed by atoms with Gasteiger partial charge in [0.15, 0.2) is 5.96 Å². The van der Waals surface area contributed by atoms with Gasteiger partial charge in [0.1, 0.15) is 6.10 Å². The number of likely N-dealkylation sites (tertiary alicyclic amines) is 1. The minimum Gasteiger partial charge on any atom is -0.370 e. The molecule has 2 aliphatic rings. The van der Waals surface area contributed by atoms with Gasteiger partial charge in [-0.25, -0.2) is 0 Å². The number of aryl methyl sites for hydroxylation is 1. The van der Waals surface area contributed by atoms with Crippen LogP contribution in [0.15, 0.2) is 17.4 Å². The van der Waals surface area contributed by atoms with Gasteiger partial charge in [-0.15, -0.1) is 0 Å². The minimum atomic E-state index is 0.0633. The van der Waals surface area contributed by atoms with Gasteiger partial charge in [-0.3, -0.25) is 9.67 Å². The molecule has 3 rings (SSSR count). The number of guanidine groups is 1. The van der Waals surface area contributed by atoms with Crippen LogP contribution in [0.2, 0.25) is 0 Å². The fourth-order valence-electron chi connectivity index (χ4n) is 3.64. The molecule has 0 spiro atoms. The second-order valence-electron chi connectivity index (χ2n) is 7.00. The Kier molecular flexibility index (Phi) is 6.31. The molecule has 1 aromatic heterocycles. The molecule has 0 bridgehead atoms. The monoisotopic (exact) mass is 348 g/mol. The van der Waals surface area contributed by atoms with E-state index < -0.39 is 0 Å². The van der Waals surface area contributed by atoms with Crippen LogP contribution in [0.5, 0.6) is 0 Å². The summed E-state index contributed by atoms with van der Waals surface area (Å²) in [4.78, 5) is 9.79. The quantitative estimate of drug-likeness (QED) is 0.638. The summed E-state index contributed by atoms with van der Waals surface area (Å²) in [6.45, 7) is 12.1. The second-order valence-corrected chi connectivity index (χ2v) is 7.00. The molecule has 0 amide bonds. The Morgan fingerprint density at radius 3 is 2.92 bits per heavy atom. The highest BCUT2D eigenvalue weighted by molar-refractivity contribution is 5.80. The van der Waals surface area contributed by atoms with Gasteiger partial charge in [0, 0.05) is 45.0 Å². The number of aromatic nitrogens is 2. The first-order valence-electron chi connectivity index (χ1n) is 9.55. The highest BCUT2D eigenvalue weighted by atomic mass is 16.5. The molecule has 2 atom stereocenters. The third-order valence-electron chi connectivity index (χ3n) is 5.11. The molecule has 1 aromatic rings. The summed E-state index contributed by atoms with van der Waals surface area (Å²) in [5.41, 5.74) is 1.14. The van der Waals surface area contributed by atoms with Crippen LogP contribution in [-0.2, 0) is 11.8 Å². The lowest BCUT2D eigenvalue weighted by atomic mass is 10.1. The van der Waals surface area contributed by atoms with Crippen molar-refractivity contribution in [3.63, 3.8) is 0 Å². The van der Waals surface area contributed by atoms with Gasteiger partial charge in [-0.2, -0.15) is 5.10 Å². The lowest BCUT2D eigenvalue weighted by molar-refractivity contribution is -0.00806. The van der Waals surface area contributed by atoms with Crippen LogP contribution < -0.4 is 5.32 Å². The molecule has 1 N–H and O–H groups in total. The van der Waals surface area contributed by atoms with Gasteiger partial charge in [0.2, 0.25) is 0 Å². The van der Waals surface area contributed by atoms with Crippen molar-refractivity contribution in [1.82, 2.24) is 24.9 Å². The first-order valence-corrected chi connectivity index (χ1v) is 9.55. The SMILES string of the molecule is CCNC(=NCC1CCN(CC)C1)N1CCOC(c2cnn(C)c2)C1. The molecule has 0 aromatic carbocycles. The lowest BCUT2D eigenvalue weighted by Gasteiger charge is -2.35. The fourth-order valence-corrected chi connectivity index (χ4v) is 3.64. The van der Waals surface area contributed by atoms with E-state index in [1.165, 1.54) is 19.5 Å². The van der Waals surface area contributed by atoms with E-state index >= 15 is 0 Å². The van der Waals surface area contributed by atoms with Gasteiger partial charge in [-0.05, 0) is 32.4 Å². The number of nitrogens with zero attached hydrogens (tertiary/aromatic N) is 5. The highest BCUT2D eigenvalue weighted by Gasteiger charge is 2.26. The third kappa shape index (κ3) is 4.73. The standard InChI is InChI=1S/C18H32N6O/c1-4-19-18(20-10-15-6-7-23(5-2)12-15)24-8-9-25-17(14-24)16-11-21-22(3)13-16/h11,13,15,17H,4-10,12,14H2,1-3H3,(H,19,20).